The number of hydrogen-bond acceptors (Lipinski definition) is 4. The molecule has 136 valence electrons. The van der Waals surface area contributed by atoms with Crippen LogP contribution in [0, 0.1) is 5.82 Å². The van der Waals surface area contributed by atoms with E-state index in [1.54, 1.807) is 38.6 Å². The maximum atomic E-state index is 12.9. The predicted octanol–water partition coefficient (Wildman–Crippen LogP) is 2.94. The highest BCUT2D eigenvalue weighted by molar-refractivity contribution is 14.0. The highest BCUT2D eigenvalue weighted by Crippen LogP contribution is 2.19. The monoisotopic (exact) mass is 460 g/mol. The normalized spacial score (nSPS) is 10.8. The molecule has 0 saturated heterocycles. The molecule has 0 aliphatic carbocycles. The van der Waals surface area contributed by atoms with Crippen molar-refractivity contribution in [3.63, 3.8) is 0 Å². The predicted molar refractivity (Wildman–Crippen MR) is 106 cm³/mol. The van der Waals surface area contributed by atoms with Gasteiger partial charge in [0.25, 0.3) is 0 Å². The summed E-state index contributed by atoms with van der Waals surface area (Å²) in [6.07, 6.45) is 1.72. The van der Waals surface area contributed by atoms with Gasteiger partial charge in [-0.1, -0.05) is 6.07 Å². The minimum atomic E-state index is -0.302. The van der Waals surface area contributed by atoms with Crippen molar-refractivity contribution in [2.24, 2.45) is 4.99 Å². The summed E-state index contributed by atoms with van der Waals surface area (Å²) in [6.45, 7) is 1.87. The van der Waals surface area contributed by atoms with Gasteiger partial charge < -0.3 is 20.1 Å². The first-order valence-corrected chi connectivity index (χ1v) is 7.53. The average Bonchev–Trinajstić information content (AvgIpc) is 2.61. The van der Waals surface area contributed by atoms with E-state index in [-0.39, 0.29) is 29.8 Å². The van der Waals surface area contributed by atoms with E-state index >= 15 is 0 Å². The molecule has 2 aromatic rings. The van der Waals surface area contributed by atoms with Gasteiger partial charge in [-0.3, -0.25) is 4.99 Å². The average molecular weight is 460 g/mol. The SMILES string of the molecule is CN=C(NCCOC)NCc1ccc(Oc2ccc(F)cc2)nc1.I. The van der Waals surface area contributed by atoms with Gasteiger partial charge in [0.05, 0.1) is 6.61 Å². The summed E-state index contributed by atoms with van der Waals surface area (Å²) < 4.78 is 23.4. The van der Waals surface area contributed by atoms with E-state index in [4.69, 9.17) is 9.47 Å². The fourth-order valence-electron chi connectivity index (χ4n) is 1.88. The molecule has 2 N–H and O–H groups in total. The van der Waals surface area contributed by atoms with Crippen LogP contribution in [0.3, 0.4) is 0 Å². The second kappa shape index (κ2) is 11.6. The summed E-state index contributed by atoms with van der Waals surface area (Å²) in [5, 5.41) is 6.31. The Morgan fingerprint density at radius 3 is 2.52 bits per heavy atom. The van der Waals surface area contributed by atoms with Crippen molar-refractivity contribution in [1.82, 2.24) is 15.6 Å². The fraction of sp³-hybridized carbons (Fsp3) is 0.294. The molecule has 6 nitrogen and oxygen atoms in total. The number of guanidine groups is 1. The van der Waals surface area contributed by atoms with E-state index in [0.717, 1.165) is 5.56 Å². The van der Waals surface area contributed by atoms with Crippen LogP contribution in [0.5, 0.6) is 11.6 Å². The van der Waals surface area contributed by atoms with Crippen LogP contribution in [0.15, 0.2) is 47.6 Å². The molecule has 1 aromatic heterocycles. The molecule has 1 aromatic carbocycles. The first kappa shape index (κ1) is 21.1. The molecule has 0 atom stereocenters. The van der Waals surface area contributed by atoms with Gasteiger partial charge >= 0.3 is 0 Å². The van der Waals surface area contributed by atoms with Crippen LogP contribution in [0.2, 0.25) is 0 Å². The van der Waals surface area contributed by atoms with Crippen molar-refractivity contribution in [1.29, 1.82) is 0 Å². The van der Waals surface area contributed by atoms with E-state index in [9.17, 15) is 4.39 Å². The Hall–Kier alpha value is -1.94. The lowest BCUT2D eigenvalue weighted by atomic mass is 10.3. The molecule has 0 amide bonds. The molecule has 0 aliphatic rings. The molecule has 0 spiro atoms. The van der Waals surface area contributed by atoms with E-state index in [2.05, 4.69) is 20.6 Å². The van der Waals surface area contributed by atoms with E-state index in [1.807, 2.05) is 6.07 Å². The number of rotatable bonds is 7. The van der Waals surface area contributed by atoms with E-state index in [1.165, 1.54) is 12.1 Å². The standard InChI is InChI=1S/C17H21FN4O2.HI/c1-19-17(20-9-10-23-2)22-12-13-3-8-16(21-11-13)24-15-6-4-14(18)5-7-15;/h3-8,11H,9-10,12H2,1-2H3,(H2,19,20,22);1H. The highest BCUT2D eigenvalue weighted by Gasteiger charge is 2.01. The van der Waals surface area contributed by atoms with Gasteiger partial charge in [0.1, 0.15) is 11.6 Å². The third-order valence-corrected chi connectivity index (χ3v) is 3.12. The first-order valence-electron chi connectivity index (χ1n) is 7.53. The van der Waals surface area contributed by atoms with E-state index < -0.39 is 0 Å². The number of halogens is 2. The number of aliphatic imine (C=N–C) groups is 1. The maximum absolute atomic E-state index is 12.9. The number of nitrogens with one attached hydrogen (secondary N) is 2. The van der Waals surface area contributed by atoms with Gasteiger partial charge in [-0.05, 0) is 29.8 Å². The van der Waals surface area contributed by atoms with Crippen LogP contribution in [0.1, 0.15) is 5.56 Å². The second-order valence-corrected chi connectivity index (χ2v) is 4.91. The molecular formula is C17H22FIN4O2. The van der Waals surface area contributed by atoms with Gasteiger partial charge in [0, 0.05) is 39.5 Å². The third kappa shape index (κ3) is 7.65. The van der Waals surface area contributed by atoms with Crippen molar-refractivity contribution < 1.29 is 13.9 Å². The highest BCUT2D eigenvalue weighted by atomic mass is 127. The minimum absolute atomic E-state index is 0. The van der Waals surface area contributed by atoms with Crippen molar-refractivity contribution in [2.45, 2.75) is 6.54 Å². The Morgan fingerprint density at radius 2 is 1.92 bits per heavy atom. The number of benzene rings is 1. The quantitative estimate of drug-likeness (QED) is 0.288. The van der Waals surface area contributed by atoms with Crippen LogP contribution in [0.4, 0.5) is 4.39 Å². The summed E-state index contributed by atoms with van der Waals surface area (Å²) in [5.74, 6) is 1.38. The molecule has 1 heterocycles. The number of aromatic nitrogens is 1. The molecule has 0 fully saturated rings. The lowest BCUT2D eigenvalue weighted by Crippen LogP contribution is -2.38. The van der Waals surface area contributed by atoms with Crippen molar-refractivity contribution >= 4 is 29.9 Å². The lowest BCUT2D eigenvalue weighted by molar-refractivity contribution is 0.203. The Labute approximate surface area is 163 Å². The van der Waals surface area contributed by atoms with Gasteiger partial charge in [0.2, 0.25) is 5.88 Å². The lowest BCUT2D eigenvalue weighted by Gasteiger charge is -2.11. The molecular weight excluding hydrogens is 438 g/mol. The minimum Gasteiger partial charge on any atom is -0.439 e. The molecule has 25 heavy (non-hydrogen) atoms. The number of methoxy groups -OCH3 is 1. The zero-order valence-electron chi connectivity index (χ0n) is 14.2. The summed E-state index contributed by atoms with van der Waals surface area (Å²) in [4.78, 5) is 8.36. The summed E-state index contributed by atoms with van der Waals surface area (Å²) in [7, 11) is 3.36. The first-order chi connectivity index (χ1) is 11.7. The van der Waals surface area contributed by atoms with Crippen LogP contribution in [0.25, 0.3) is 0 Å². The molecule has 0 bridgehead atoms. The smallest absolute Gasteiger partial charge is 0.219 e. The molecule has 8 heteroatoms. The summed E-state index contributed by atoms with van der Waals surface area (Å²) in [5.41, 5.74) is 0.983. The Balaban J connectivity index is 0.00000312. The largest absolute Gasteiger partial charge is 0.439 e. The van der Waals surface area contributed by atoms with Gasteiger partial charge in [0.15, 0.2) is 5.96 Å². The number of nitrogens with zero attached hydrogens (tertiary/aromatic N) is 2. The van der Waals surface area contributed by atoms with Crippen molar-refractivity contribution in [3.8, 4) is 11.6 Å². The third-order valence-electron chi connectivity index (χ3n) is 3.12. The van der Waals surface area contributed by atoms with Crippen LogP contribution >= 0.6 is 24.0 Å². The zero-order chi connectivity index (χ0) is 17.2. The van der Waals surface area contributed by atoms with E-state index in [0.29, 0.717) is 37.3 Å². The zero-order valence-corrected chi connectivity index (χ0v) is 16.5. The summed E-state index contributed by atoms with van der Waals surface area (Å²) >= 11 is 0. The summed E-state index contributed by atoms with van der Waals surface area (Å²) in [6, 6.07) is 9.47. The molecule has 0 saturated carbocycles. The fourth-order valence-corrected chi connectivity index (χ4v) is 1.88. The Kier molecular flexibility index (Phi) is 9.78. The van der Waals surface area contributed by atoms with Crippen LogP contribution < -0.4 is 15.4 Å². The molecule has 0 unspecified atom stereocenters. The molecule has 0 aliphatic heterocycles. The molecule has 2 rings (SSSR count). The Bertz CT molecular complexity index is 651. The Morgan fingerprint density at radius 1 is 1.16 bits per heavy atom. The number of ether oxygens (including phenoxy) is 2. The van der Waals surface area contributed by atoms with Crippen LogP contribution in [-0.4, -0.2) is 38.3 Å². The van der Waals surface area contributed by atoms with Crippen molar-refractivity contribution in [2.75, 3.05) is 27.3 Å². The van der Waals surface area contributed by atoms with Gasteiger partial charge in [-0.25, -0.2) is 9.37 Å². The maximum Gasteiger partial charge on any atom is 0.219 e. The second-order valence-electron chi connectivity index (χ2n) is 4.91. The van der Waals surface area contributed by atoms with Gasteiger partial charge in [-0.2, -0.15) is 0 Å². The number of hydrogen-bond donors (Lipinski definition) is 2. The van der Waals surface area contributed by atoms with Crippen LogP contribution in [-0.2, 0) is 11.3 Å². The van der Waals surface area contributed by atoms with Crippen molar-refractivity contribution in [3.05, 3.63) is 54.0 Å². The number of pyridine rings is 1. The topological polar surface area (TPSA) is 67.8 Å². The molecule has 0 radical (unpaired) electrons. The van der Waals surface area contributed by atoms with Gasteiger partial charge in [-0.15, -0.1) is 24.0 Å².